The third-order valence-corrected chi connectivity index (χ3v) is 1.41. The van der Waals surface area contributed by atoms with Crippen molar-refractivity contribution < 1.29 is 19.8 Å². The zero-order valence-corrected chi connectivity index (χ0v) is 7.19. The predicted octanol–water partition coefficient (Wildman–Crippen LogP) is 1.44. The van der Waals surface area contributed by atoms with Crippen molar-refractivity contribution in [2.45, 2.75) is 19.3 Å². The minimum atomic E-state index is -0.998. The molecule has 0 rings (SSSR count). The van der Waals surface area contributed by atoms with Crippen LogP contribution in [0.2, 0.25) is 0 Å². The number of carbonyl (C=O) groups is 2. The van der Waals surface area contributed by atoms with E-state index in [9.17, 15) is 9.59 Å². The Bertz CT molecular complexity index is 240. The lowest BCUT2D eigenvalue weighted by molar-refractivity contribution is -0.133. The second kappa shape index (κ2) is 5.99. The summed E-state index contributed by atoms with van der Waals surface area (Å²) in [4.78, 5) is 20.3. The summed E-state index contributed by atoms with van der Waals surface area (Å²) in [5, 5.41) is 16.6. The molecule has 0 unspecified atom stereocenters. The molecule has 0 aromatic rings. The number of aliphatic carboxylic acids is 2. The summed E-state index contributed by atoms with van der Waals surface area (Å²) in [6.07, 6.45) is 4.09. The minimum absolute atomic E-state index is 0.156. The molecule has 72 valence electrons. The third kappa shape index (κ3) is 6.80. The first-order valence-corrected chi connectivity index (χ1v) is 3.84. The Morgan fingerprint density at radius 1 is 1.31 bits per heavy atom. The van der Waals surface area contributed by atoms with Crippen molar-refractivity contribution in [3.05, 3.63) is 24.3 Å². The smallest absolute Gasteiger partial charge is 0.330 e. The molecule has 0 heterocycles. The molecule has 0 atom stereocenters. The van der Waals surface area contributed by atoms with Crippen molar-refractivity contribution in [3.63, 3.8) is 0 Å². The van der Waals surface area contributed by atoms with Crippen molar-refractivity contribution in [2.75, 3.05) is 0 Å². The Kier molecular flexibility index (Phi) is 5.27. The van der Waals surface area contributed by atoms with Crippen molar-refractivity contribution in [1.29, 1.82) is 0 Å². The molecular weight excluding hydrogens is 172 g/mol. The Morgan fingerprint density at radius 2 is 1.92 bits per heavy atom. The first kappa shape index (κ1) is 11.4. The van der Waals surface area contributed by atoms with Gasteiger partial charge in [0.1, 0.15) is 0 Å². The van der Waals surface area contributed by atoms with Gasteiger partial charge < -0.3 is 10.2 Å². The van der Waals surface area contributed by atoms with Gasteiger partial charge in [-0.1, -0.05) is 12.7 Å². The molecule has 0 aliphatic carbocycles. The Labute approximate surface area is 76.2 Å². The maximum Gasteiger partial charge on any atom is 0.330 e. The van der Waals surface area contributed by atoms with Gasteiger partial charge in [-0.2, -0.15) is 0 Å². The van der Waals surface area contributed by atoms with Crippen LogP contribution in [0.3, 0.4) is 0 Å². The van der Waals surface area contributed by atoms with Gasteiger partial charge in [0.2, 0.25) is 0 Å². The average molecular weight is 184 g/mol. The van der Waals surface area contributed by atoms with Gasteiger partial charge >= 0.3 is 11.9 Å². The Hall–Kier alpha value is -1.58. The quantitative estimate of drug-likeness (QED) is 0.483. The van der Waals surface area contributed by atoms with Crippen LogP contribution in [-0.2, 0) is 9.59 Å². The monoisotopic (exact) mass is 184 g/mol. The lowest BCUT2D eigenvalue weighted by Gasteiger charge is -1.96. The molecule has 0 aromatic heterocycles. The van der Waals surface area contributed by atoms with E-state index in [2.05, 4.69) is 6.58 Å². The highest BCUT2D eigenvalue weighted by atomic mass is 16.4. The van der Waals surface area contributed by atoms with Crippen molar-refractivity contribution in [2.24, 2.45) is 0 Å². The Balaban J connectivity index is 3.52. The summed E-state index contributed by atoms with van der Waals surface area (Å²) < 4.78 is 0. The lowest BCUT2D eigenvalue weighted by atomic mass is 10.1. The van der Waals surface area contributed by atoms with E-state index in [1.807, 2.05) is 0 Å². The second-order valence-corrected chi connectivity index (χ2v) is 2.54. The first-order valence-electron chi connectivity index (χ1n) is 3.84. The zero-order chi connectivity index (χ0) is 10.3. The predicted molar refractivity (Wildman–Crippen MR) is 47.4 cm³/mol. The van der Waals surface area contributed by atoms with Gasteiger partial charge in [0.05, 0.1) is 0 Å². The highest BCUT2D eigenvalue weighted by Crippen LogP contribution is 2.05. The van der Waals surface area contributed by atoms with Crippen LogP contribution in [0.5, 0.6) is 0 Å². The minimum Gasteiger partial charge on any atom is -0.478 e. The molecule has 2 N–H and O–H groups in total. The number of rotatable bonds is 6. The molecule has 4 heteroatoms. The van der Waals surface area contributed by atoms with Crippen molar-refractivity contribution in [3.8, 4) is 0 Å². The molecule has 4 nitrogen and oxygen atoms in total. The maximum atomic E-state index is 10.3. The van der Waals surface area contributed by atoms with Gasteiger partial charge in [0, 0.05) is 11.6 Å². The van der Waals surface area contributed by atoms with E-state index in [0.717, 1.165) is 6.08 Å². The normalized spacial score (nSPS) is 10.2. The molecule has 0 spiro atoms. The molecule has 0 amide bonds. The van der Waals surface area contributed by atoms with Crippen molar-refractivity contribution in [1.82, 2.24) is 0 Å². The number of hydrogen-bond donors (Lipinski definition) is 2. The topological polar surface area (TPSA) is 74.6 Å². The molecule has 0 saturated carbocycles. The molecule has 0 aromatic carbocycles. The van der Waals surface area contributed by atoms with Gasteiger partial charge in [-0.3, -0.25) is 0 Å². The number of hydrogen-bond acceptors (Lipinski definition) is 2. The van der Waals surface area contributed by atoms with E-state index in [1.165, 1.54) is 6.08 Å². The highest BCUT2D eigenvalue weighted by Gasteiger charge is 2.01. The van der Waals surface area contributed by atoms with Crippen LogP contribution in [0.25, 0.3) is 0 Å². The Morgan fingerprint density at radius 3 is 2.38 bits per heavy atom. The van der Waals surface area contributed by atoms with Crippen LogP contribution in [-0.4, -0.2) is 22.2 Å². The molecule has 0 aliphatic rings. The summed E-state index contributed by atoms with van der Waals surface area (Å²) in [5.74, 6) is -1.99. The fourth-order valence-electron chi connectivity index (χ4n) is 0.724. The van der Waals surface area contributed by atoms with Crippen LogP contribution in [0, 0.1) is 0 Å². The first-order chi connectivity index (χ1) is 6.04. The second-order valence-electron chi connectivity index (χ2n) is 2.54. The molecule has 13 heavy (non-hydrogen) atoms. The summed E-state index contributed by atoms with van der Waals surface area (Å²) in [6, 6.07) is 0. The van der Waals surface area contributed by atoms with Crippen LogP contribution < -0.4 is 0 Å². The molecule has 0 saturated heterocycles. The van der Waals surface area contributed by atoms with E-state index >= 15 is 0 Å². The number of carboxylic acids is 2. The van der Waals surface area contributed by atoms with Gasteiger partial charge in [0.15, 0.2) is 0 Å². The van der Waals surface area contributed by atoms with E-state index in [-0.39, 0.29) is 5.57 Å². The number of unbranched alkanes of at least 4 members (excludes halogenated alkanes) is 1. The standard InChI is InChI=1S/C9H12O4/c1-7(9(12)13)5-3-2-4-6-8(10)11/h4,6H,1-3,5H2,(H,10,11)(H,12,13). The highest BCUT2D eigenvalue weighted by molar-refractivity contribution is 5.85. The van der Waals surface area contributed by atoms with Crippen LogP contribution >= 0.6 is 0 Å². The fraction of sp³-hybridized carbons (Fsp3) is 0.333. The number of allylic oxidation sites excluding steroid dienone is 1. The summed E-state index contributed by atoms with van der Waals surface area (Å²) in [7, 11) is 0. The molecule has 0 bridgehead atoms. The largest absolute Gasteiger partial charge is 0.478 e. The van der Waals surface area contributed by atoms with E-state index < -0.39 is 11.9 Å². The van der Waals surface area contributed by atoms with Crippen molar-refractivity contribution >= 4 is 11.9 Å². The molecule has 0 radical (unpaired) electrons. The lowest BCUT2D eigenvalue weighted by Crippen LogP contribution is -1.98. The maximum absolute atomic E-state index is 10.3. The third-order valence-electron chi connectivity index (χ3n) is 1.41. The SMILES string of the molecule is C=C(CCCC=CC(=O)O)C(=O)O. The van der Waals surface area contributed by atoms with Gasteiger partial charge in [-0.05, 0) is 19.3 Å². The summed E-state index contributed by atoms with van der Waals surface area (Å²) in [6.45, 7) is 3.35. The average Bonchev–Trinajstić information content (AvgIpc) is 2.02. The number of carboxylic acid groups (broad SMARTS) is 2. The van der Waals surface area contributed by atoms with Gasteiger partial charge in [0.25, 0.3) is 0 Å². The van der Waals surface area contributed by atoms with Crippen LogP contribution in [0.4, 0.5) is 0 Å². The zero-order valence-electron chi connectivity index (χ0n) is 7.19. The van der Waals surface area contributed by atoms with E-state index in [4.69, 9.17) is 10.2 Å². The van der Waals surface area contributed by atoms with Crippen LogP contribution in [0.15, 0.2) is 24.3 Å². The summed E-state index contributed by atoms with van der Waals surface area (Å²) in [5.41, 5.74) is 0.156. The fourth-order valence-corrected chi connectivity index (χ4v) is 0.724. The van der Waals surface area contributed by atoms with Crippen LogP contribution in [0.1, 0.15) is 19.3 Å². The molecule has 0 aliphatic heterocycles. The van der Waals surface area contributed by atoms with E-state index in [0.29, 0.717) is 19.3 Å². The van der Waals surface area contributed by atoms with Gasteiger partial charge in [-0.15, -0.1) is 0 Å². The molecular formula is C9H12O4. The summed E-state index contributed by atoms with van der Waals surface area (Å²) >= 11 is 0. The van der Waals surface area contributed by atoms with E-state index in [1.54, 1.807) is 0 Å². The molecule has 0 fully saturated rings. The van der Waals surface area contributed by atoms with Gasteiger partial charge in [-0.25, -0.2) is 9.59 Å².